The molecule has 1 unspecified atom stereocenters. The Balaban J connectivity index is 1.37. The molecule has 4 nitrogen and oxygen atoms in total. The number of anilines is 2. The van der Waals surface area contributed by atoms with Gasteiger partial charge >= 0.3 is 0 Å². The van der Waals surface area contributed by atoms with E-state index in [1.807, 2.05) is 6.07 Å². The Bertz CT molecular complexity index is 2510. The first-order chi connectivity index (χ1) is 23.2. The van der Waals surface area contributed by atoms with Crippen LogP contribution in [-0.2, 0) is 0 Å². The molecule has 1 atom stereocenters. The highest BCUT2D eigenvalue weighted by Gasteiger charge is 2.22. The summed E-state index contributed by atoms with van der Waals surface area (Å²) in [6.45, 7) is 2.26. The highest BCUT2D eigenvalue weighted by molar-refractivity contribution is 6.21. The van der Waals surface area contributed by atoms with Crippen molar-refractivity contribution in [3.05, 3.63) is 163 Å². The zero-order valence-corrected chi connectivity index (χ0v) is 26.1. The van der Waals surface area contributed by atoms with Gasteiger partial charge < -0.3 is 4.90 Å². The summed E-state index contributed by atoms with van der Waals surface area (Å²) in [4.78, 5) is 12.9. The van der Waals surface area contributed by atoms with E-state index >= 15 is 0 Å². The molecule has 1 aliphatic rings. The van der Waals surface area contributed by atoms with Gasteiger partial charge in [0.1, 0.15) is 0 Å². The van der Waals surface area contributed by atoms with Crippen LogP contribution in [0.25, 0.3) is 60.7 Å². The van der Waals surface area contributed by atoms with Gasteiger partial charge in [0.15, 0.2) is 0 Å². The molecule has 2 heterocycles. The standard InChI is InChI=1S/C43H32N4/c1-29-20-23-33(24-21-29)46(32-15-6-3-7-16-32)34-25-26-37-40(28-34)47(39-27-22-30-12-8-9-17-35(30)41(37)39)43-44-38-19-11-10-18-36(38)42(45-43)31-13-4-2-5-14-31/h2-20,22-29H,21H2,1H3. The highest BCUT2D eigenvalue weighted by atomic mass is 15.2. The molecule has 0 N–H and O–H groups in total. The van der Waals surface area contributed by atoms with Gasteiger partial charge in [0.05, 0.1) is 22.2 Å². The molecular weight excluding hydrogens is 573 g/mol. The molecule has 0 bridgehead atoms. The molecule has 4 heteroatoms. The Hall–Kier alpha value is -6.00. The predicted octanol–water partition coefficient (Wildman–Crippen LogP) is 11.2. The van der Waals surface area contributed by atoms with Gasteiger partial charge in [-0.2, -0.15) is 0 Å². The molecule has 0 saturated carbocycles. The Morgan fingerprint density at radius 1 is 0.638 bits per heavy atom. The first-order valence-corrected chi connectivity index (χ1v) is 16.2. The molecule has 8 aromatic rings. The number of para-hydroxylation sites is 2. The number of benzene rings is 6. The zero-order valence-electron chi connectivity index (χ0n) is 26.1. The van der Waals surface area contributed by atoms with Crippen LogP contribution in [0, 0.1) is 5.92 Å². The Labute approximate surface area is 273 Å². The lowest BCUT2D eigenvalue weighted by Crippen LogP contribution is -2.17. The van der Waals surface area contributed by atoms with Gasteiger partial charge in [0.2, 0.25) is 5.95 Å². The monoisotopic (exact) mass is 604 g/mol. The normalized spacial score (nSPS) is 14.7. The van der Waals surface area contributed by atoms with Gasteiger partial charge in [-0.3, -0.25) is 4.57 Å². The van der Waals surface area contributed by atoms with Crippen LogP contribution >= 0.6 is 0 Å². The average Bonchev–Trinajstić information content (AvgIpc) is 3.47. The summed E-state index contributed by atoms with van der Waals surface area (Å²) in [5, 5.41) is 5.85. The van der Waals surface area contributed by atoms with Gasteiger partial charge in [-0.15, -0.1) is 0 Å². The number of hydrogen-bond acceptors (Lipinski definition) is 3. The second-order valence-electron chi connectivity index (χ2n) is 12.3. The van der Waals surface area contributed by atoms with E-state index in [9.17, 15) is 0 Å². The topological polar surface area (TPSA) is 34.0 Å². The first-order valence-electron chi connectivity index (χ1n) is 16.2. The van der Waals surface area contributed by atoms with Gasteiger partial charge in [-0.25, -0.2) is 9.97 Å². The van der Waals surface area contributed by atoms with Crippen molar-refractivity contribution in [3.63, 3.8) is 0 Å². The third kappa shape index (κ3) is 4.60. The summed E-state index contributed by atoms with van der Waals surface area (Å²) in [7, 11) is 0. The smallest absolute Gasteiger partial charge is 0.235 e. The van der Waals surface area contributed by atoms with E-state index in [-0.39, 0.29) is 0 Å². The average molecular weight is 605 g/mol. The summed E-state index contributed by atoms with van der Waals surface area (Å²) < 4.78 is 2.26. The number of fused-ring (bicyclic) bond motifs is 6. The van der Waals surface area contributed by atoms with Crippen LogP contribution in [0.4, 0.5) is 11.4 Å². The van der Waals surface area contributed by atoms with E-state index in [0.29, 0.717) is 11.9 Å². The van der Waals surface area contributed by atoms with Crippen molar-refractivity contribution in [1.82, 2.24) is 14.5 Å². The fourth-order valence-corrected chi connectivity index (χ4v) is 7.02. The summed E-state index contributed by atoms with van der Waals surface area (Å²) in [5.74, 6) is 1.19. The fourth-order valence-electron chi connectivity index (χ4n) is 7.02. The van der Waals surface area contributed by atoms with Crippen LogP contribution in [0.5, 0.6) is 0 Å². The molecule has 0 spiro atoms. The third-order valence-electron chi connectivity index (χ3n) is 9.30. The van der Waals surface area contributed by atoms with Crippen molar-refractivity contribution in [2.45, 2.75) is 13.3 Å². The number of aromatic nitrogens is 3. The zero-order chi connectivity index (χ0) is 31.3. The van der Waals surface area contributed by atoms with E-state index in [0.717, 1.165) is 51.0 Å². The minimum Gasteiger partial charge on any atom is -0.311 e. The summed E-state index contributed by atoms with van der Waals surface area (Å²) in [5.41, 5.74) is 8.46. The maximum absolute atomic E-state index is 5.34. The van der Waals surface area contributed by atoms with Crippen molar-refractivity contribution in [2.24, 2.45) is 5.92 Å². The first kappa shape index (κ1) is 27.3. The van der Waals surface area contributed by atoms with Crippen LogP contribution in [0.15, 0.2) is 163 Å². The highest BCUT2D eigenvalue weighted by Crippen LogP contribution is 2.41. The summed E-state index contributed by atoms with van der Waals surface area (Å²) in [6, 6.07) is 49.3. The largest absolute Gasteiger partial charge is 0.311 e. The Kier molecular flexibility index (Phi) is 6.46. The van der Waals surface area contributed by atoms with Gasteiger partial charge in [0, 0.05) is 38.8 Å². The lowest BCUT2D eigenvalue weighted by atomic mass is 10.00. The number of rotatable bonds is 5. The molecule has 47 heavy (non-hydrogen) atoms. The molecule has 224 valence electrons. The second kappa shape index (κ2) is 11.1. The van der Waals surface area contributed by atoms with Gasteiger partial charge in [0.25, 0.3) is 0 Å². The second-order valence-corrected chi connectivity index (χ2v) is 12.3. The van der Waals surface area contributed by atoms with E-state index in [1.165, 1.54) is 27.2 Å². The summed E-state index contributed by atoms with van der Waals surface area (Å²) >= 11 is 0. The van der Waals surface area contributed by atoms with E-state index in [4.69, 9.17) is 9.97 Å². The van der Waals surface area contributed by atoms with Crippen LogP contribution in [0.1, 0.15) is 13.3 Å². The molecule has 0 radical (unpaired) electrons. The number of nitrogens with zero attached hydrogens (tertiary/aromatic N) is 4. The minimum absolute atomic E-state index is 0.526. The van der Waals surface area contributed by atoms with Crippen LogP contribution in [0.2, 0.25) is 0 Å². The minimum atomic E-state index is 0.526. The van der Waals surface area contributed by atoms with E-state index in [2.05, 4.69) is 168 Å². The Morgan fingerprint density at radius 2 is 1.38 bits per heavy atom. The quantitative estimate of drug-likeness (QED) is 0.196. The summed E-state index contributed by atoms with van der Waals surface area (Å²) in [6.07, 6.45) is 7.92. The maximum Gasteiger partial charge on any atom is 0.235 e. The third-order valence-corrected chi connectivity index (χ3v) is 9.30. The van der Waals surface area contributed by atoms with Gasteiger partial charge in [-0.05, 0) is 65.6 Å². The van der Waals surface area contributed by atoms with Crippen molar-refractivity contribution in [1.29, 1.82) is 0 Å². The van der Waals surface area contributed by atoms with Crippen molar-refractivity contribution >= 4 is 54.9 Å². The SMILES string of the molecule is CC1C=CC(N(c2ccccc2)c2ccc3c4c5ccccc5ccc4n(-c4nc(-c5ccccc5)c5ccccc5n4)c3c2)=CC1. The van der Waals surface area contributed by atoms with Crippen molar-refractivity contribution < 1.29 is 0 Å². The number of hydrogen-bond donors (Lipinski definition) is 0. The molecular formula is C43H32N4. The van der Waals surface area contributed by atoms with E-state index < -0.39 is 0 Å². The van der Waals surface area contributed by atoms with Crippen molar-refractivity contribution in [2.75, 3.05) is 4.90 Å². The molecule has 1 aliphatic carbocycles. The number of allylic oxidation sites excluding steroid dienone is 3. The molecule has 6 aromatic carbocycles. The maximum atomic E-state index is 5.34. The Morgan fingerprint density at radius 3 is 2.19 bits per heavy atom. The van der Waals surface area contributed by atoms with Crippen LogP contribution in [0.3, 0.4) is 0 Å². The van der Waals surface area contributed by atoms with E-state index in [1.54, 1.807) is 0 Å². The fraction of sp³-hybridized carbons (Fsp3) is 0.0698. The lowest BCUT2D eigenvalue weighted by molar-refractivity contribution is 0.728. The molecule has 0 saturated heterocycles. The van der Waals surface area contributed by atoms with Crippen LogP contribution in [-0.4, -0.2) is 14.5 Å². The molecule has 0 fully saturated rings. The molecule has 0 amide bonds. The lowest BCUT2D eigenvalue weighted by Gasteiger charge is -2.28. The molecule has 2 aromatic heterocycles. The van der Waals surface area contributed by atoms with Crippen molar-refractivity contribution in [3.8, 4) is 17.2 Å². The van der Waals surface area contributed by atoms with Gasteiger partial charge in [-0.1, -0.05) is 122 Å². The van der Waals surface area contributed by atoms with Crippen LogP contribution < -0.4 is 4.90 Å². The molecule has 0 aliphatic heterocycles. The molecule has 9 rings (SSSR count). The predicted molar refractivity (Wildman–Crippen MR) is 196 cm³/mol.